The zero-order valence-electron chi connectivity index (χ0n) is 12.9. The molecule has 1 aliphatic heterocycles. The van der Waals surface area contributed by atoms with Crippen molar-refractivity contribution in [3.05, 3.63) is 40.0 Å². The molecule has 1 aromatic heterocycles. The van der Waals surface area contributed by atoms with E-state index in [2.05, 4.69) is 20.6 Å². The minimum absolute atomic E-state index is 0.124. The van der Waals surface area contributed by atoms with Crippen molar-refractivity contribution in [1.29, 1.82) is 0 Å². The Morgan fingerprint density at radius 1 is 1.21 bits per heavy atom. The maximum Gasteiger partial charge on any atom is 0.229 e. The van der Waals surface area contributed by atoms with Gasteiger partial charge in [-0.15, -0.1) is 0 Å². The molecule has 0 saturated carbocycles. The summed E-state index contributed by atoms with van der Waals surface area (Å²) in [6.07, 6.45) is 0.578. The van der Waals surface area contributed by atoms with Gasteiger partial charge in [0.25, 0.3) is 0 Å². The topological polar surface area (TPSA) is 84.0 Å². The predicted octanol–water partition coefficient (Wildman–Crippen LogP) is 3.43. The summed E-state index contributed by atoms with van der Waals surface area (Å²) in [4.78, 5) is 8.70. The summed E-state index contributed by atoms with van der Waals surface area (Å²) < 4.78 is 23.1. The Bertz CT molecular complexity index is 874. The number of nitrogens with zero attached hydrogens (tertiary/aromatic N) is 2. The second-order valence-electron chi connectivity index (χ2n) is 5.71. The van der Waals surface area contributed by atoms with Crippen molar-refractivity contribution in [2.45, 2.75) is 19.4 Å². The number of rotatable bonds is 4. The highest BCUT2D eigenvalue weighted by molar-refractivity contribution is 7.91. The average molecular weight is 387 g/mol. The van der Waals surface area contributed by atoms with Crippen LogP contribution in [0.5, 0.6) is 0 Å². The molecule has 0 aliphatic carbocycles. The first-order valence-corrected chi connectivity index (χ1v) is 9.93. The molecule has 9 heteroatoms. The van der Waals surface area contributed by atoms with E-state index >= 15 is 0 Å². The Kier molecular flexibility index (Phi) is 4.85. The van der Waals surface area contributed by atoms with E-state index in [1.807, 2.05) is 6.92 Å². The molecule has 0 bridgehead atoms. The first-order valence-electron chi connectivity index (χ1n) is 7.35. The van der Waals surface area contributed by atoms with Crippen LogP contribution in [-0.2, 0) is 9.84 Å². The molecular weight excluding hydrogens is 371 g/mol. The zero-order valence-corrected chi connectivity index (χ0v) is 15.2. The van der Waals surface area contributed by atoms with E-state index in [1.165, 1.54) is 0 Å². The molecule has 1 unspecified atom stereocenters. The van der Waals surface area contributed by atoms with E-state index in [0.717, 1.165) is 5.69 Å². The van der Waals surface area contributed by atoms with E-state index < -0.39 is 9.84 Å². The van der Waals surface area contributed by atoms with Crippen molar-refractivity contribution in [3.63, 3.8) is 0 Å². The standard InChI is InChI=1S/C15H16Cl2N4O2S/c1-9-6-14(19-11-4-5-24(22,23)8-11)21-15(18-9)20-13-7-10(16)2-3-12(13)17/h2-3,6-7,11H,4-5,8H2,1H3,(H2,18,19,20,21). The lowest BCUT2D eigenvalue weighted by Crippen LogP contribution is -2.21. The molecule has 3 rings (SSSR count). The van der Waals surface area contributed by atoms with E-state index in [-0.39, 0.29) is 17.5 Å². The third-order valence-electron chi connectivity index (χ3n) is 3.61. The van der Waals surface area contributed by atoms with E-state index in [4.69, 9.17) is 23.2 Å². The molecule has 6 nitrogen and oxygen atoms in total. The van der Waals surface area contributed by atoms with Crippen LogP contribution in [0.15, 0.2) is 24.3 Å². The van der Waals surface area contributed by atoms with Gasteiger partial charge >= 0.3 is 0 Å². The fourth-order valence-corrected chi connectivity index (χ4v) is 4.54. The maximum absolute atomic E-state index is 11.6. The molecule has 128 valence electrons. The van der Waals surface area contributed by atoms with Gasteiger partial charge in [0.05, 0.1) is 22.2 Å². The van der Waals surface area contributed by atoms with Crippen molar-refractivity contribution in [3.8, 4) is 0 Å². The van der Waals surface area contributed by atoms with E-state index in [9.17, 15) is 8.42 Å². The minimum atomic E-state index is -2.95. The van der Waals surface area contributed by atoms with Crippen LogP contribution < -0.4 is 10.6 Å². The van der Waals surface area contributed by atoms with Crippen LogP contribution >= 0.6 is 23.2 Å². The molecule has 1 aromatic carbocycles. The fraction of sp³-hybridized carbons (Fsp3) is 0.333. The smallest absolute Gasteiger partial charge is 0.229 e. The number of halogens is 2. The lowest BCUT2D eigenvalue weighted by Gasteiger charge is -2.14. The fourth-order valence-electron chi connectivity index (χ4n) is 2.53. The van der Waals surface area contributed by atoms with Gasteiger partial charge in [-0.3, -0.25) is 0 Å². The summed E-state index contributed by atoms with van der Waals surface area (Å²) in [5, 5.41) is 7.24. The van der Waals surface area contributed by atoms with Crippen LogP contribution in [0.1, 0.15) is 12.1 Å². The molecular formula is C15H16Cl2N4O2S. The second kappa shape index (κ2) is 6.74. The molecule has 24 heavy (non-hydrogen) atoms. The molecule has 2 aromatic rings. The van der Waals surface area contributed by atoms with Gasteiger partial charge < -0.3 is 10.6 Å². The first-order chi connectivity index (χ1) is 11.3. The molecule has 1 atom stereocenters. The van der Waals surface area contributed by atoms with Crippen LogP contribution in [0.4, 0.5) is 17.5 Å². The Balaban J connectivity index is 1.80. The SMILES string of the molecule is Cc1cc(NC2CCS(=O)(=O)C2)nc(Nc2cc(Cl)ccc2Cl)n1. The highest BCUT2D eigenvalue weighted by Crippen LogP contribution is 2.28. The van der Waals surface area contributed by atoms with Crippen LogP contribution in [0.25, 0.3) is 0 Å². The predicted molar refractivity (Wildman–Crippen MR) is 97.2 cm³/mol. The third-order valence-corrected chi connectivity index (χ3v) is 5.95. The number of benzene rings is 1. The van der Waals surface area contributed by atoms with Gasteiger partial charge in [0.2, 0.25) is 5.95 Å². The summed E-state index contributed by atoms with van der Waals surface area (Å²) in [7, 11) is -2.95. The summed E-state index contributed by atoms with van der Waals surface area (Å²) in [6.45, 7) is 1.84. The third kappa shape index (κ3) is 4.28. The number of sulfone groups is 1. The number of aromatic nitrogens is 2. The summed E-state index contributed by atoms with van der Waals surface area (Å²) in [5.74, 6) is 1.27. The quantitative estimate of drug-likeness (QED) is 0.836. The Labute approximate surface area is 150 Å². The van der Waals surface area contributed by atoms with Gasteiger partial charge in [-0.25, -0.2) is 13.4 Å². The van der Waals surface area contributed by atoms with Gasteiger partial charge in [-0.1, -0.05) is 23.2 Å². The highest BCUT2D eigenvalue weighted by Gasteiger charge is 2.28. The highest BCUT2D eigenvalue weighted by atomic mass is 35.5. The molecule has 1 saturated heterocycles. The molecule has 1 fully saturated rings. The van der Waals surface area contributed by atoms with Crippen LogP contribution in [0.2, 0.25) is 10.0 Å². The summed E-state index contributed by atoms with van der Waals surface area (Å²) in [5.41, 5.74) is 1.35. The zero-order chi connectivity index (χ0) is 17.3. The molecule has 0 amide bonds. The van der Waals surface area contributed by atoms with Gasteiger partial charge in [-0.2, -0.15) is 4.98 Å². The normalized spacial score (nSPS) is 19.2. The van der Waals surface area contributed by atoms with Crippen LogP contribution in [0, 0.1) is 6.92 Å². The van der Waals surface area contributed by atoms with Crippen molar-refractivity contribution in [2.24, 2.45) is 0 Å². The molecule has 1 aliphatic rings. The van der Waals surface area contributed by atoms with Crippen LogP contribution in [0.3, 0.4) is 0 Å². The monoisotopic (exact) mass is 386 g/mol. The summed E-state index contributed by atoms with van der Waals surface area (Å²) >= 11 is 12.1. The van der Waals surface area contributed by atoms with Crippen molar-refractivity contribution in [1.82, 2.24) is 9.97 Å². The number of hydrogen-bond acceptors (Lipinski definition) is 6. The van der Waals surface area contributed by atoms with Crippen molar-refractivity contribution in [2.75, 3.05) is 22.1 Å². The molecule has 2 heterocycles. The van der Waals surface area contributed by atoms with E-state index in [1.54, 1.807) is 24.3 Å². The van der Waals surface area contributed by atoms with Crippen LogP contribution in [-0.4, -0.2) is 35.9 Å². The Morgan fingerprint density at radius 2 is 2.00 bits per heavy atom. The largest absolute Gasteiger partial charge is 0.366 e. The molecule has 0 radical (unpaired) electrons. The number of hydrogen-bond donors (Lipinski definition) is 2. The number of aryl methyl sites for hydroxylation is 1. The number of nitrogens with one attached hydrogen (secondary N) is 2. The number of anilines is 3. The lowest BCUT2D eigenvalue weighted by molar-refractivity contribution is 0.602. The second-order valence-corrected chi connectivity index (χ2v) is 8.78. The van der Waals surface area contributed by atoms with Gasteiger partial charge in [0, 0.05) is 22.8 Å². The van der Waals surface area contributed by atoms with Gasteiger partial charge in [0.15, 0.2) is 9.84 Å². The van der Waals surface area contributed by atoms with E-state index in [0.29, 0.717) is 33.9 Å². The summed E-state index contributed by atoms with van der Waals surface area (Å²) in [6, 6.07) is 6.71. The lowest BCUT2D eigenvalue weighted by atomic mass is 10.2. The first kappa shape index (κ1) is 17.3. The minimum Gasteiger partial charge on any atom is -0.366 e. The van der Waals surface area contributed by atoms with Crippen molar-refractivity contribution < 1.29 is 8.42 Å². The van der Waals surface area contributed by atoms with Crippen molar-refractivity contribution >= 4 is 50.5 Å². The Morgan fingerprint density at radius 3 is 2.71 bits per heavy atom. The van der Waals surface area contributed by atoms with Gasteiger partial charge in [0.1, 0.15) is 5.82 Å². The molecule has 0 spiro atoms. The average Bonchev–Trinajstić information content (AvgIpc) is 2.81. The van der Waals surface area contributed by atoms with Gasteiger partial charge in [-0.05, 0) is 31.5 Å². The maximum atomic E-state index is 11.6. The Hall–Kier alpha value is -1.57. The molecule has 2 N–H and O–H groups in total.